The first-order valence-corrected chi connectivity index (χ1v) is 8.88. The van der Waals surface area contributed by atoms with Gasteiger partial charge in [0.25, 0.3) is 0 Å². The van der Waals surface area contributed by atoms with Gasteiger partial charge in [-0.05, 0) is 5.54 Å². The quantitative estimate of drug-likeness (QED) is 0.697. The maximum absolute atomic E-state index is 2.43. The molecule has 0 fully saturated rings. The number of hydrogen-bond donors (Lipinski definition) is 0. The average Bonchev–Trinajstić information content (AvgIpc) is 2.47. The van der Waals surface area contributed by atoms with Gasteiger partial charge in [-0.2, -0.15) is 0 Å². The van der Waals surface area contributed by atoms with E-state index in [9.17, 15) is 0 Å². The molecule has 2 rings (SSSR count). The van der Waals surface area contributed by atoms with Crippen LogP contribution in [0.4, 0.5) is 0 Å². The maximum atomic E-state index is 2.43. The van der Waals surface area contributed by atoms with E-state index in [1.807, 2.05) is 0 Å². The summed E-state index contributed by atoms with van der Waals surface area (Å²) >= 11 is 0. The van der Waals surface area contributed by atoms with Gasteiger partial charge >= 0.3 is 0 Å². The Labute approximate surface area is 119 Å². The van der Waals surface area contributed by atoms with E-state index in [0.717, 1.165) is 5.54 Å². The number of benzene rings is 2. The lowest BCUT2D eigenvalue weighted by molar-refractivity contribution is 0.695. The molecule has 2 aromatic carbocycles. The van der Waals surface area contributed by atoms with Gasteiger partial charge in [0, 0.05) is 0 Å². The standard InChI is InChI=1S/C18H23Si/c1-3-4-11-16(2)19(17-12-7-5-8-13-17)18-14-9-6-10-15-18/h5-10,12-16H,3-4,11H2,1-2H3. The fraction of sp³-hybridized carbons (Fsp3) is 0.333. The van der Waals surface area contributed by atoms with Gasteiger partial charge in [0.2, 0.25) is 0 Å². The molecular weight excluding hydrogens is 244 g/mol. The minimum atomic E-state index is -0.650. The van der Waals surface area contributed by atoms with Crippen molar-refractivity contribution in [2.24, 2.45) is 0 Å². The second-order valence-electron chi connectivity index (χ2n) is 5.19. The van der Waals surface area contributed by atoms with Crippen LogP contribution in [0.3, 0.4) is 0 Å². The lowest BCUT2D eigenvalue weighted by Crippen LogP contribution is -2.45. The van der Waals surface area contributed by atoms with Gasteiger partial charge < -0.3 is 0 Å². The highest BCUT2D eigenvalue weighted by Gasteiger charge is 2.22. The lowest BCUT2D eigenvalue weighted by atomic mass is 10.2. The molecule has 0 heterocycles. The molecule has 1 radical (unpaired) electrons. The topological polar surface area (TPSA) is 0 Å². The normalized spacial score (nSPS) is 12.6. The Bertz CT molecular complexity index is 424. The summed E-state index contributed by atoms with van der Waals surface area (Å²) in [5, 5.41) is 3.09. The summed E-state index contributed by atoms with van der Waals surface area (Å²) in [7, 11) is -0.650. The monoisotopic (exact) mass is 267 g/mol. The van der Waals surface area contributed by atoms with Crippen molar-refractivity contribution in [3.05, 3.63) is 60.7 Å². The molecule has 19 heavy (non-hydrogen) atoms. The molecule has 2 aromatic rings. The molecular formula is C18H23Si. The molecule has 0 aliphatic rings. The van der Waals surface area contributed by atoms with Crippen molar-refractivity contribution in [2.45, 2.75) is 38.7 Å². The SMILES string of the molecule is CCCCC(C)[Si](c1ccccc1)c1ccccc1. The molecule has 0 nitrogen and oxygen atoms in total. The predicted molar refractivity (Wildman–Crippen MR) is 86.9 cm³/mol. The van der Waals surface area contributed by atoms with Crippen LogP contribution >= 0.6 is 0 Å². The van der Waals surface area contributed by atoms with Crippen LogP contribution in [0, 0.1) is 0 Å². The molecule has 99 valence electrons. The number of unbranched alkanes of at least 4 members (excludes halogenated alkanes) is 1. The van der Waals surface area contributed by atoms with E-state index >= 15 is 0 Å². The van der Waals surface area contributed by atoms with Crippen LogP contribution in [-0.4, -0.2) is 8.80 Å². The fourth-order valence-corrected chi connectivity index (χ4v) is 5.69. The summed E-state index contributed by atoms with van der Waals surface area (Å²) in [6.45, 7) is 4.72. The van der Waals surface area contributed by atoms with Gasteiger partial charge in [0.15, 0.2) is 0 Å². The van der Waals surface area contributed by atoms with Gasteiger partial charge in [0.05, 0.1) is 0 Å². The van der Waals surface area contributed by atoms with Crippen LogP contribution in [0.25, 0.3) is 0 Å². The van der Waals surface area contributed by atoms with Crippen molar-refractivity contribution < 1.29 is 0 Å². The summed E-state index contributed by atoms with van der Waals surface area (Å²) in [6, 6.07) is 22.2. The molecule has 0 spiro atoms. The molecule has 0 amide bonds. The zero-order valence-corrected chi connectivity index (χ0v) is 13.0. The first kappa shape index (κ1) is 14.1. The summed E-state index contributed by atoms with van der Waals surface area (Å²) in [4.78, 5) is 0. The molecule has 0 saturated carbocycles. The van der Waals surface area contributed by atoms with Crippen LogP contribution in [0.1, 0.15) is 33.1 Å². The smallest absolute Gasteiger partial charge is 0.0654 e. The zero-order chi connectivity index (χ0) is 13.5. The summed E-state index contributed by atoms with van der Waals surface area (Å²) in [5.41, 5.74) is 0.787. The molecule has 1 atom stereocenters. The Morgan fingerprint density at radius 3 is 1.74 bits per heavy atom. The summed E-state index contributed by atoms with van der Waals surface area (Å²) < 4.78 is 0. The van der Waals surface area contributed by atoms with E-state index in [-0.39, 0.29) is 0 Å². The first-order chi connectivity index (χ1) is 9.33. The minimum Gasteiger partial charge on any atom is -0.0654 e. The van der Waals surface area contributed by atoms with E-state index in [2.05, 4.69) is 74.5 Å². The highest BCUT2D eigenvalue weighted by Crippen LogP contribution is 2.18. The van der Waals surface area contributed by atoms with Crippen molar-refractivity contribution in [3.8, 4) is 0 Å². The molecule has 1 unspecified atom stereocenters. The van der Waals surface area contributed by atoms with Crippen molar-refractivity contribution in [3.63, 3.8) is 0 Å². The molecule has 0 aromatic heterocycles. The van der Waals surface area contributed by atoms with Gasteiger partial charge in [-0.1, -0.05) is 104 Å². The van der Waals surface area contributed by atoms with Crippen molar-refractivity contribution in [1.82, 2.24) is 0 Å². The molecule has 1 heteroatoms. The number of rotatable bonds is 6. The van der Waals surface area contributed by atoms with Crippen molar-refractivity contribution in [1.29, 1.82) is 0 Å². The Morgan fingerprint density at radius 1 is 0.842 bits per heavy atom. The second kappa shape index (κ2) is 7.30. The Kier molecular flexibility index (Phi) is 5.40. The molecule has 0 N–H and O–H groups in total. The maximum Gasteiger partial charge on any atom is 0.124 e. The third-order valence-corrected chi connectivity index (χ3v) is 6.84. The van der Waals surface area contributed by atoms with Crippen LogP contribution in [0.5, 0.6) is 0 Å². The number of hydrogen-bond acceptors (Lipinski definition) is 0. The van der Waals surface area contributed by atoms with Gasteiger partial charge in [0.1, 0.15) is 8.80 Å². The van der Waals surface area contributed by atoms with E-state index in [1.165, 1.54) is 19.3 Å². The highest BCUT2D eigenvalue weighted by atomic mass is 28.3. The molecule has 0 aliphatic carbocycles. The highest BCUT2D eigenvalue weighted by molar-refractivity contribution is 6.86. The predicted octanol–water partition coefficient (Wildman–Crippen LogP) is 3.88. The van der Waals surface area contributed by atoms with Crippen molar-refractivity contribution >= 4 is 19.2 Å². The van der Waals surface area contributed by atoms with E-state index in [1.54, 1.807) is 10.4 Å². The zero-order valence-electron chi connectivity index (χ0n) is 12.0. The van der Waals surface area contributed by atoms with Crippen molar-refractivity contribution in [2.75, 3.05) is 0 Å². The Morgan fingerprint density at radius 2 is 1.32 bits per heavy atom. The third kappa shape index (κ3) is 3.81. The summed E-state index contributed by atoms with van der Waals surface area (Å²) in [6.07, 6.45) is 3.98. The average molecular weight is 267 g/mol. The third-order valence-electron chi connectivity index (χ3n) is 3.65. The van der Waals surface area contributed by atoms with E-state index in [4.69, 9.17) is 0 Å². The van der Waals surface area contributed by atoms with Gasteiger partial charge in [-0.15, -0.1) is 0 Å². The lowest BCUT2D eigenvalue weighted by Gasteiger charge is -2.23. The van der Waals surface area contributed by atoms with Gasteiger partial charge in [-0.3, -0.25) is 0 Å². The second-order valence-corrected chi connectivity index (χ2v) is 8.16. The Balaban J connectivity index is 2.29. The molecule has 0 saturated heterocycles. The Hall–Kier alpha value is -1.34. The fourth-order valence-electron chi connectivity index (χ4n) is 2.63. The van der Waals surface area contributed by atoms with Crippen LogP contribution < -0.4 is 10.4 Å². The van der Waals surface area contributed by atoms with E-state index in [0.29, 0.717) is 0 Å². The first-order valence-electron chi connectivity index (χ1n) is 7.30. The van der Waals surface area contributed by atoms with Crippen LogP contribution in [0.2, 0.25) is 5.54 Å². The van der Waals surface area contributed by atoms with Gasteiger partial charge in [-0.25, -0.2) is 0 Å². The van der Waals surface area contributed by atoms with Crippen LogP contribution in [-0.2, 0) is 0 Å². The summed E-state index contributed by atoms with van der Waals surface area (Å²) in [5.74, 6) is 0. The van der Waals surface area contributed by atoms with E-state index < -0.39 is 8.80 Å². The minimum absolute atomic E-state index is 0.650. The molecule has 0 aliphatic heterocycles. The largest absolute Gasteiger partial charge is 0.124 e. The molecule has 0 bridgehead atoms. The van der Waals surface area contributed by atoms with Crippen LogP contribution in [0.15, 0.2) is 60.7 Å².